The minimum absolute atomic E-state index is 0.295. The standard InChI is InChI=1S/C22H21N3O4/c1-13(26)29-12-19(27)25-18(22(23)28)11-16-15-9-5-6-10-17(15)24-20(16)21(25)14-7-3-2-4-8-14/h2-10,18,21,24H,11-12H2,1H3,(H2,23,28)/t18-,21?/m0/s1. The normalized spacial score (nSPS) is 18.3. The number of ether oxygens (including phenoxy) is 1. The molecule has 148 valence electrons. The van der Waals surface area contributed by atoms with E-state index in [4.69, 9.17) is 10.5 Å². The predicted octanol–water partition coefficient (Wildman–Crippen LogP) is 2.06. The zero-order chi connectivity index (χ0) is 20.5. The number of carbonyl (C=O) groups excluding carboxylic acids is 3. The predicted molar refractivity (Wildman–Crippen MR) is 107 cm³/mol. The number of nitrogens with one attached hydrogen (secondary N) is 1. The third kappa shape index (κ3) is 3.35. The van der Waals surface area contributed by atoms with Gasteiger partial charge < -0.3 is 20.4 Å². The molecule has 7 heteroatoms. The number of nitrogens with two attached hydrogens (primary N) is 1. The molecule has 4 rings (SSSR count). The first kappa shape index (κ1) is 18.7. The molecule has 0 spiro atoms. The van der Waals surface area contributed by atoms with E-state index in [0.717, 1.165) is 27.7 Å². The number of aromatic nitrogens is 1. The lowest BCUT2D eigenvalue weighted by atomic mass is 9.87. The maximum absolute atomic E-state index is 13.1. The topological polar surface area (TPSA) is 105 Å². The van der Waals surface area contributed by atoms with Gasteiger partial charge in [-0.3, -0.25) is 14.4 Å². The highest BCUT2D eigenvalue weighted by Crippen LogP contribution is 2.40. The van der Waals surface area contributed by atoms with Crippen LogP contribution >= 0.6 is 0 Å². The van der Waals surface area contributed by atoms with E-state index < -0.39 is 36.5 Å². The van der Waals surface area contributed by atoms with Crippen molar-refractivity contribution in [1.29, 1.82) is 0 Å². The SMILES string of the molecule is CC(=O)OCC(=O)N1C(c2ccccc2)c2[nH]c3ccccc3c2C[C@H]1C(N)=O. The highest BCUT2D eigenvalue weighted by molar-refractivity contribution is 5.92. The fourth-order valence-corrected chi connectivity index (χ4v) is 4.04. The summed E-state index contributed by atoms with van der Waals surface area (Å²) in [4.78, 5) is 41.5. The van der Waals surface area contributed by atoms with Crippen molar-refractivity contribution in [2.45, 2.75) is 25.4 Å². The van der Waals surface area contributed by atoms with Gasteiger partial charge in [-0.15, -0.1) is 0 Å². The summed E-state index contributed by atoms with van der Waals surface area (Å²) in [5, 5.41) is 1.00. The maximum Gasteiger partial charge on any atom is 0.303 e. The van der Waals surface area contributed by atoms with Crippen molar-refractivity contribution in [2.75, 3.05) is 6.61 Å². The average Bonchev–Trinajstić information content (AvgIpc) is 3.09. The minimum Gasteiger partial charge on any atom is -0.456 e. The Kier molecular flexibility index (Phi) is 4.80. The lowest BCUT2D eigenvalue weighted by Crippen LogP contribution is -2.54. The number of aromatic amines is 1. The van der Waals surface area contributed by atoms with E-state index in [0.29, 0.717) is 6.42 Å². The van der Waals surface area contributed by atoms with Crippen LogP contribution in [0.25, 0.3) is 10.9 Å². The van der Waals surface area contributed by atoms with Crippen LogP contribution in [0.4, 0.5) is 0 Å². The van der Waals surface area contributed by atoms with E-state index in [2.05, 4.69) is 4.98 Å². The Bertz CT molecular complexity index is 1090. The largest absolute Gasteiger partial charge is 0.456 e. The van der Waals surface area contributed by atoms with Crippen LogP contribution in [0.5, 0.6) is 0 Å². The molecule has 7 nitrogen and oxygen atoms in total. The summed E-state index contributed by atoms with van der Waals surface area (Å²) in [5.41, 5.74) is 9.28. The van der Waals surface area contributed by atoms with Gasteiger partial charge in [-0.25, -0.2) is 0 Å². The van der Waals surface area contributed by atoms with Gasteiger partial charge in [0, 0.05) is 29.9 Å². The van der Waals surface area contributed by atoms with Crippen LogP contribution in [0, 0.1) is 0 Å². The van der Waals surface area contributed by atoms with Crippen LogP contribution in [-0.2, 0) is 25.5 Å². The van der Waals surface area contributed by atoms with Crippen molar-refractivity contribution in [3.8, 4) is 0 Å². The van der Waals surface area contributed by atoms with Crippen LogP contribution < -0.4 is 5.73 Å². The second-order valence-corrected chi connectivity index (χ2v) is 7.08. The molecule has 2 amide bonds. The summed E-state index contributed by atoms with van der Waals surface area (Å²) in [7, 11) is 0. The molecule has 2 aromatic carbocycles. The summed E-state index contributed by atoms with van der Waals surface area (Å²) < 4.78 is 4.92. The van der Waals surface area contributed by atoms with E-state index in [1.165, 1.54) is 11.8 Å². The van der Waals surface area contributed by atoms with Crippen molar-refractivity contribution < 1.29 is 19.1 Å². The highest BCUT2D eigenvalue weighted by Gasteiger charge is 2.42. The maximum atomic E-state index is 13.1. The van der Waals surface area contributed by atoms with Gasteiger partial charge in [0.15, 0.2) is 6.61 Å². The first-order chi connectivity index (χ1) is 14.0. The Morgan fingerprint density at radius 1 is 1.10 bits per heavy atom. The Hall–Kier alpha value is -3.61. The number of rotatable bonds is 4. The Labute approximate surface area is 167 Å². The van der Waals surface area contributed by atoms with Gasteiger partial charge in [0.05, 0.1) is 6.04 Å². The summed E-state index contributed by atoms with van der Waals surface area (Å²) >= 11 is 0. The fraction of sp³-hybridized carbons (Fsp3) is 0.227. The van der Waals surface area contributed by atoms with Crippen molar-refractivity contribution >= 4 is 28.7 Å². The Morgan fingerprint density at radius 3 is 2.48 bits per heavy atom. The van der Waals surface area contributed by atoms with E-state index >= 15 is 0 Å². The molecule has 0 aliphatic carbocycles. The molecule has 2 atom stereocenters. The summed E-state index contributed by atoms with van der Waals surface area (Å²) in [6.07, 6.45) is 0.295. The Balaban J connectivity index is 1.90. The number of esters is 1. The monoisotopic (exact) mass is 391 g/mol. The molecule has 0 saturated heterocycles. The molecule has 1 unspecified atom stereocenters. The summed E-state index contributed by atoms with van der Waals surface area (Å²) in [6.45, 7) is 0.789. The van der Waals surface area contributed by atoms with Gasteiger partial charge >= 0.3 is 5.97 Å². The summed E-state index contributed by atoms with van der Waals surface area (Å²) in [6, 6.07) is 15.8. The minimum atomic E-state index is -0.852. The van der Waals surface area contributed by atoms with Crippen LogP contribution in [0.2, 0.25) is 0 Å². The number of carbonyl (C=O) groups is 3. The molecule has 0 bridgehead atoms. The molecule has 3 N–H and O–H groups in total. The van der Waals surface area contributed by atoms with Crippen LogP contribution in [-0.4, -0.2) is 40.3 Å². The van der Waals surface area contributed by atoms with Crippen molar-refractivity contribution in [1.82, 2.24) is 9.88 Å². The molecule has 1 aliphatic rings. The third-order valence-corrected chi connectivity index (χ3v) is 5.26. The number of amides is 2. The van der Waals surface area contributed by atoms with E-state index in [-0.39, 0.29) is 0 Å². The Morgan fingerprint density at radius 2 is 1.79 bits per heavy atom. The quantitative estimate of drug-likeness (QED) is 0.664. The van der Waals surface area contributed by atoms with Crippen LogP contribution in [0.3, 0.4) is 0 Å². The number of H-pyrrole nitrogens is 1. The molecule has 2 heterocycles. The molecule has 0 saturated carbocycles. The molecule has 0 radical (unpaired) electrons. The molecule has 0 fully saturated rings. The van der Waals surface area contributed by atoms with Gasteiger partial charge in [-0.1, -0.05) is 48.5 Å². The van der Waals surface area contributed by atoms with Gasteiger partial charge in [0.2, 0.25) is 5.91 Å². The first-order valence-corrected chi connectivity index (χ1v) is 9.35. The third-order valence-electron chi connectivity index (χ3n) is 5.26. The number of hydrogen-bond donors (Lipinski definition) is 2. The van der Waals surface area contributed by atoms with Crippen molar-refractivity contribution in [2.24, 2.45) is 5.73 Å². The van der Waals surface area contributed by atoms with Crippen LogP contribution in [0.15, 0.2) is 54.6 Å². The van der Waals surface area contributed by atoms with Gasteiger partial charge in [-0.05, 0) is 17.2 Å². The number of benzene rings is 2. The number of nitrogens with zero attached hydrogens (tertiary/aromatic N) is 1. The molecule has 1 aliphatic heterocycles. The number of primary amides is 1. The smallest absolute Gasteiger partial charge is 0.303 e. The lowest BCUT2D eigenvalue weighted by Gasteiger charge is -2.40. The van der Waals surface area contributed by atoms with Crippen molar-refractivity contribution in [3.63, 3.8) is 0 Å². The number of fused-ring (bicyclic) bond motifs is 3. The number of para-hydroxylation sites is 1. The van der Waals surface area contributed by atoms with E-state index in [9.17, 15) is 14.4 Å². The van der Waals surface area contributed by atoms with Crippen LogP contribution in [0.1, 0.15) is 29.8 Å². The molecule has 1 aromatic heterocycles. The second kappa shape index (κ2) is 7.43. The zero-order valence-corrected chi connectivity index (χ0v) is 15.9. The lowest BCUT2D eigenvalue weighted by molar-refractivity contribution is -0.154. The van der Waals surface area contributed by atoms with E-state index in [1.807, 2.05) is 54.6 Å². The van der Waals surface area contributed by atoms with Gasteiger partial charge in [0.1, 0.15) is 6.04 Å². The number of hydrogen-bond acceptors (Lipinski definition) is 4. The molecule has 29 heavy (non-hydrogen) atoms. The highest BCUT2D eigenvalue weighted by atomic mass is 16.5. The summed E-state index contributed by atoms with van der Waals surface area (Å²) in [5.74, 6) is -1.63. The average molecular weight is 391 g/mol. The zero-order valence-electron chi connectivity index (χ0n) is 15.9. The van der Waals surface area contributed by atoms with Crippen molar-refractivity contribution in [3.05, 3.63) is 71.4 Å². The second-order valence-electron chi connectivity index (χ2n) is 7.08. The fourth-order valence-electron chi connectivity index (χ4n) is 4.04. The van der Waals surface area contributed by atoms with E-state index in [1.54, 1.807) is 0 Å². The first-order valence-electron chi connectivity index (χ1n) is 9.35. The molecular formula is C22H21N3O4. The van der Waals surface area contributed by atoms with Gasteiger partial charge in [0.25, 0.3) is 5.91 Å². The molecule has 3 aromatic rings. The molecular weight excluding hydrogens is 370 g/mol. The van der Waals surface area contributed by atoms with Gasteiger partial charge in [-0.2, -0.15) is 0 Å².